The van der Waals surface area contributed by atoms with Crippen LogP contribution in [0.2, 0.25) is 0 Å². The number of rotatable bonds is 5. The molecule has 0 spiro atoms. The summed E-state index contributed by atoms with van der Waals surface area (Å²) in [5.74, 6) is -0.637. The molecule has 15 heavy (non-hydrogen) atoms. The molecule has 7 nitrogen and oxygen atoms in total. The lowest BCUT2D eigenvalue weighted by molar-refractivity contribution is -0.145. The maximum absolute atomic E-state index is 10.9. The molecule has 0 aromatic heterocycles. The molecule has 0 aliphatic carbocycles. The van der Waals surface area contributed by atoms with E-state index in [9.17, 15) is 14.4 Å². The minimum absolute atomic E-state index is 0.0642. The van der Waals surface area contributed by atoms with Gasteiger partial charge in [-0.1, -0.05) is 5.92 Å². The quantitative estimate of drug-likeness (QED) is 0.431. The number of carboxylic acid groups (broad SMARTS) is 2. The molecule has 2 amide bonds. The Bertz CT molecular complexity index is 307. The molecular weight excluding hydrogens is 204 g/mol. The maximum atomic E-state index is 10.9. The second-order valence-corrected chi connectivity index (χ2v) is 2.52. The van der Waals surface area contributed by atoms with Crippen LogP contribution in [0.1, 0.15) is 6.42 Å². The Morgan fingerprint density at radius 3 is 2.33 bits per heavy atom. The smallest absolute Gasteiger partial charge is 0.326 e. The topological polar surface area (TPSA) is 116 Å². The van der Waals surface area contributed by atoms with Gasteiger partial charge in [-0.25, -0.2) is 9.59 Å². The van der Waals surface area contributed by atoms with Crippen molar-refractivity contribution < 1.29 is 24.6 Å². The summed E-state index contributed by atoms with van der Waals surface area (Å²) in [5, 5.41) is 21.0. The van der Waals surface area contributed by atoms with Crippen molar-refractivity contribution in [2.24, 2.45) is 0 Å². The van der Waals surface area contributed by atoms with E-state index in [1.165, 1.54) is 0 Å². The third-order valence-corrected chi connectivity index (χ3v) is 1.33. The van der Waals surface area contributed by atoms with E-state index in [-0.39, 0.29) is 6.54 Å². The molecule has 0 bridgehead atoms. The van der Waals surface area contributed by atoms with Crippen molar-refractivity contribution >= 4 is 18.0 Å². The minimum atomic E-state index is -1.47. The summed E-state index contributed by atoms with van der Waals surface area (Å²) in [7, 11) is 0. The van der Waals surface area contributed by atoms with Gasteiger partial charge in [0.25, 0.3) is 0 Å². The highest BCUT2D eigenvalue weighted by Gasteiger charge is 2.22. The molecule has 0 saturated heterocycles. The lowest BCUT2D eigenvalue weighted by atomic mass is 10.2. The SMILES string of the molecule is C#CCNC(=O)NC(CC(=O)O)C(=O)O. The van der Waals surface area contributed by atoms with Crippen LogP contribution in [0.3, 0.4) is 0 Å². The van der Waals surface area contributed by atoms with Crippen LogP contribution in [0.4, 0.5) is 4.79 Å². The van der Waals surface area contributed by atoms with Gasteiger partial charge in [-0.2, -0.15) is 0 Å². The number of carbonyl (C=O) groups is 3. The Labute approximate surface area is 85.5 Å². The first-order valence-corrected chi connectivity index (χ1v) is 3.89. The number of aliphatic carboxylic acids is 2. The second-order valence-electron chi connectivity index (χ2n) is 2.52. The van der Waals surface area contributed by atoms with E-state index in [4.69, 9.17) is 16.6 Å². The number of urea groups is 1. The van der Waals surface area contributed by atoms with Crippen LogP contribution in [0.15, 0.2) is 0 Å². The maximum Gasteiger partial charge on any atom is 0.326 e. The first-order chi connectivity index (χ1) is 6.97. The summed E-state index contributed by atoms with van der Waals surface area (Å²) < 4.78 is 0. The number of hydrogen-bond donors (Lipinski definition) is 4. The van der Waals surface area contributed by atoms with E-state index in [2.05, 4.69) is 11.2 Å². The van der Waals surface area contributed by atoms with Crippen LogP contribution in [0.5, 0.6) is 0 Å². The molecular formula is C8H10N2O5. The molecule has 1 unspecified atom stereocenters. The van der Waals surface area contributed by atoms with Crippen molar-refractivity contribution in [2.75, 3.05) is 6.54 Å². The molecule has 0 aromatic rings. The molecule has 0 fully saturated rings. The third kappa shape index (κ3) is 5.93. The summed E-state index contributed by atoms with van der Waals surface area (Å²) in [6.45, 7) is -0.0642. The van der Waals surface area contributed by atoms with E-state index in [0.29, 0.717) is 0 Å². The second kappa shape index (κ2) is 6.26. The molecule has 1 atom stereocenters. The molecule has 7 heteroatoms. The summed E-state index contributed by atoms with van der Waals surface area (Å²) in [4.78, 5) is 31.7. The van der Waals surface area contributed by atoms with Gasteiger partial charge in [-0.3, -0.25) is 4.79 Å². The van der Waals surface area contributed by atoms with Gasteiger partial charge in [0.2, 0.25) is 0 Å². The summed E-state index contributed by atoms with van der Waals surface area (Å²) in [5.41, 5.74) is 0. The molecule has 0 radical (unpaired) electrons. The van der Waals surface area contributed by atoms with Gasteiger partial charge in [0, 0.05) is 0 Å². The predicted molar refractivity (Wildman–Crippen MR) is 49.0 cm³/mol. The van der Waals surface area contributed by atoms with Gasteiger partial charge in [-0.15, -0.1) is 6.42 Å². The van der Waals surface area contributed by atoms with E-state index < -0.39 is 30.4 Å². The van der Waals surface area contributed by atoms with Crippen molar-refractivity contribution in [2.45, 2.75) is 12.5 Å². The molecule has 82 valence electrons. The fourth-order valence-electron chi connectivity index (χ4n) is 0.715. The summed E-state index contributed by atoms with van der Waals surface area (Å²) >= 11 is 0. The van der Waals surface area contributed by atoms with Gasteiger partial charge in [-0.05, 0) is 0 Å². The van der Waals surface area contributed by atoms with Crippen LogP contribution < -0.4 is 10.6 Å². The number of carbonyl (C=O) groups excluding carboxylic acids is 1. The lowest BCUT2D eigenvalue weighted by Gasteiger charge is -2.11. The van der Waals surface area contributed by atoms with Gasteiger partial charge >= 0.3 is 18.0 Å². The highest BCUT2D eigenvalue weighted by atomic mass is 16.4. The van der Waals surface area contributed by atoms with Crippen LogP contribution in [-0.4, -0.2) is 40.8 Å². The van der Waals surface area contributed by atoms with Gasteiger partial charge in [0.1, 0.15) is 6.04 Å². The van der Waals surface area contributed by atoms with E-state index in [0.717, 1.165) is 0 Å². The normalized spacial score (nSPS) is 10.9. The molecule has 0 saturated carbocycles. The third-order valence-electron chi connectivity index (χ3n) is 1.33. The first kappa shape index (κ1) is 12.8. The zero-order valence-electron chi connectivity index (χ0n) is 7.69. The van der Waals surface area contributed by atoms with Gasteiger partial charge in [0.15, 0.2) is 0 Å². The van der Waals surface area contributed by atoms with Crippen LogP contribution in [0, 0.1) is 12.3 Å². The highest BCUT2D eigenvalue weighted by Crippen LogP contribution is 1.92. The predicted octanol–water partition coefficient (Wildman–Crippen LogP) is -1.15. The standard InChI is InChI=1S/C8H10N2O5/c1-2-3-9-8(15)10-5(7(13)14)4-6(11)12/h1,5H,3-4H2,(H,11,12)(H,13,14)(H2,9,10,15). The van der Waals surface area contributed by atoms with Crippen molar-refractivity contribution in [1.82, 2.24) is 10.6 Å². The Morgan fingerprint density at radius 2 is 1.93 bits per heavy atom. The zero-order chi connectivity index (χ0) is 11.8. The minimum Gasteiger partial charge on any atom is -0.481 e. The van der Waals surface area contributed by atoms with Gasteiger partial charge in [0.05, 0.1) is 13.0 Å². The Balaban J connectivity index is 4.17. The Kier molecular flexibility index (Phi) is 5.33. The van der Waals surface area contributed by atoms with Crippen molar-refractivity contribution in [3.8, 4) is 12.3 Å². The largest absolute Gasteiger partial charge is 0.481 e. The molecule has 4 N–H and O–H groups in total. The number of nitrogens with one attached hydrogen (secondary N) is 2. The molecule has 0 aliphatic rings. The number of hydrogen-bond acceptors (Lipinski definition) is 3. The average molecular weight is 214 g/mol. The van der Waals surface area contributed by atoms with Crippen molar-refractivity contribution in [1.29, 1.82) is 0 Å². The lowest BCUT2D eigenvalue weighted by Crippen LogP contribution is -2.47. The van der Waals surface area contributed by atoms with Crippen LogP contribution in [-0.2, 0) is 9.59 Å². The van der Waals surface area contributed by atoms with Crippen molar-refractivity contribution in [3.63, 3.8) is 0 Å². The van der Waals surface area contributed by atoms with Crippen molar-refractivity contribution in [3.05, 3.63) is 0 Å². The van der Waals surface area contributed by atoms with Crippen LogP contribution >= 0.6 is 0 Å². The summed E-state index contributed by atoms with van der Waals surface area (Å²) in [6.07, 6.45) is 4.15. The molecule has 0 aromatic carbocycles. The fourth-order valence-corrected chi connectivity index (χ4v) is 0.715. The first-order valence-electron chi connectivity index (χ1n) is 3.89. The Morgan fingerprint density at radius 1 is 1.33 bits per heavy atom. The monoisotopic (exact) mass is 214 g/mol. The van der Waals surface area contributed by atoms with E-state index in [1.54, 1.807) is 0 Å². The highest BCUT2D eigenvalue weighted by molar-refractivity contribution is 5.86. The van der Waals surface area contributed by atoms with Crippen LogP contribution in [0.25, 0.3) is 0 Å². The zero-order valence-corrected chi connectivity index (χ0v) is 7.69. The number of amides is 2. The Hall–Kier alpha value is -2.23. The molecule has 0 heterocycles. The van der Waals surface area contributed by atoms with E-state index >= 15 is 0 Å². The fraction of sp³-hybridized carbons (Fsp3) is 0.375. The van der Waals surface area contributed by atoms with Gasteiger partial charge < -0.3 is 20.8 Å². The molecule has 0 aliphatic heterocycles. The average Bonchev–Trinajstić information content (AvgIpc) is 2.12. The summed E-state index contributed by atoms with van der Waals surface area (Å²) in [6, 6.07) is -2.29. The number of carboxylic acids is 2. The van der Waals surface area contributed by atoms with E-state index in [1.807, 2.05) is 5.32 Å². The number of terminal acetylenes is 1. The molecule has 0 rings (SSSR count).